The Kier molecular flexibility index (Phi) is 14.5. The van der Waals surface area contributed by atoms with Crippen molar-refractivity contribution in [3.8, 4) is 6.57 Å². The number of hydrogen-bond donors (Lipinski definition) is 2. The van der Waals surface area contributed by atoms with Crippen LogP contribution in [0, 0.1) is 11.8 Å². The van der Waals surface area contributed by atoms with Gasteiger partial charge in [0.1, 0.15) is 5.56 Å². The molecule has 8 nitrogen and oxygen atoms in total. The lowest BCUT2D eigenvalue weighted by Gasteiger charge is -2.21. The molecule has 1 heterocycles. The Balaban J connectivity index is 0.00000148. The maximum Gasteiger partial charge on any atom is 0.339 e. The van der Waals surface area contributed by atoms with Gasteiger partial charge in [0, 0.05) is 22.9 Å². The number of halogens is 1. The number of benzene rings is 1. The molecule has 0 bridgehead atoms. The normalized spacial score (nSPS) is 12.5. The summed E-state index contributed by atoms with van der Waals surface area (Å²) in [5, 5.41) is 14.1. The number of aromatic nitrogens is 2. The Labute approximate surface area is 199 Å². The van der Waals surface area contributed by atoms with Gasteiger partial charge in [-0.1, -0.05) is 47.0 Å². The van der Waals surface area contributed by atoms with Crippen LogP contribution >= 0.6 is 15.9 Å². The van der Waals surface area contributed by atoms with Crippen LogP contribution in [0.5, 0.6) is 0 Å². The summed E-state index contributed by atoms with van der Waals surface area (Å²) < 4.78 is 7.24. The van der Waals surface area contributed by atoms with Crippen molar-refractivity contribution in [2.75, 3.05) is 12.4 Å². The second-order valence-electron chi connectivity index (χ2n) is 6.34. The summed E-state index contributed by atoms with van der Waals surface area (Å²) in [6.45, 7) is 11.5. The van der Waals surface area contributed by atoms with Crippen LogP contribution in [0.2, 0.25) is 0 Å². The summed E-state index contributed by atoms with van der Waals surface area (Å²) in [5.74, 6) is -0.607. The van der Waals surface area contributed by atoms with E-state index in [2.05, 4.69) is 32.9 Å². The van der Waals surface area contributed by atoms with Crippen molar-refractivity contribution in [1.29, 1.82) is 5.26 Å². The van der Waals surface area contributed by atoms with Crippen molar-refractivity contribution in [3.05, 3.63) is 40.0 Å². The predicted molar refractivity (Wildman–Crippen MR) is 131 cm³/mol. The van der Waals surface area contributed by atoms with E-state index in [0.29, 0.717) is 27.1 Å². The van der Waals surface area contributed by atoms with Gasteiger partial charge in [-0.2, -0.15) is 5.10 Å². The van der Waals surface area contributed by atoms with Gasteiger partial charge in [-0.15, -0.1) is 0 Å². The number of amides is 1. The van der Waals surface area contributed by atoms with Gasteiger partial charge >= 0.3 is 5.97 Å². The van der Waals surface area contributed by atoms with Crippen LogP contribution in [0.4, 0.5) is 11.5 Å². The number of rotatable bonds is 5. The molecule has 0 aliphatic heterocycles. The predicted octanol–water partition coefficient (Wildman–Crippen LogP) is 5.97. The van der Waals surface area contributed by atoms with E-state index in [4.69, 9.17) is 15.7 Å². The van der Waals surface area contributed by atoms with Gasteiger partial charge in [0.25, 0.3) is 5.91 Å². The zero-order chi connectivity index (χ0) is 24.7. The van der Waals surface area contributed by atoms with E-state index in [-0.39, 0.29) is 6.04 Å². The van der Waals surface area contributed by atoms with Gasteiger partial charge < -0.3 is 15.8 Å². The number of primary amides is 1. The van der Waals surface area contributed by atoms with Gasteiger partial charge in [-0.25, -0.2) is 10.1 Å². The second-order valence-corrected chi connectivity index (χ2v) is 7.19. The van der Waals surface area contributed by atoms with Crippen LogP contribution in [0.3, 0.4) is 0 Å². The van der Waals surface area contributed by atoms with Crippen molar-refractivity contribution in [1.82, 2.24) is 9.78 Å². The van der Waals surface area contributed by atoms with Crippen molar-refractivity contribution in [2.24, 2.45) is 5.73 Å². The molecule has 0 unspecified atom stereocenters. The summed E-state index contributed by atoms with van der Waals surface area (Å²) in [4.78, 5) is 23.7. The molecule has 0 radical (unpaired) electrons. The molecule has 176 valence electrons. The Morgan fingerprint density at radius 3 is 2.28 bits per heavy atom. The van der Waals surface area contributed by atoms with Crippen LogP contribution in [0.1, 0.15) is 86.6 Å². The monoisotopic (exact) mass is 507 g/mol. The molecule has 1 aromatic heterocycles. The Hall–Kier alpha value is -2.86. The zero-order valence-corrected chi connectivity index (χ0v) is 21.1. The van der Waals surface area contributed by atoms with Crippen molar-refractivity contribution >= 4 is 39.3 Å². The number of esters is 1. The number of nitrogens with one attached hydrogen (secondary N) is 1. The lowest BCUT2D eigenvalue weighted by Crippen LogP contribution is -2.14. The van der Waals surface area contributed by atoms with E-state index in [0.717, 1.165) is 25.7 Å². The van der Waals surface area contributed by atoms with Crippen LogP contribution < -0.4 is 11.1 Å². The Bertz CT molecular complexity index is 874. The lowest BCUT2D eigenvalue weighted by atomic mass is 9.96. The zero-order valence-electron chi connectivity index (χ0n) is 19.5. The van der Waals surface area contributed by atoms with Gasteiger partial charge in [-0.3, -0.25) is 9.48 Å². The molecule has 2 aromatic rings. The lowest BCUT2D eigenvalue weighted by molar-refractivity contribution is 0.0599. The first-order chi connectivity index (χ1) is 15.5. The molecule has 0 atom stereocenters. The molecular weight excluding hydrogens is 474 g/mol. The number of carbonyl (C=O) groups excluding carboxylic acids is 2. The summed E-state index contributed by atoms with van der Waals surface area (Å²) in [7, 11) is 1.33. The average Bonchev–Trinajstić information content (AvgIpc) is 3.28. The maximum absolute atomic E-state index is 11.9. The molecule has 1 aromatic carbocycles. The molecule has 9 heteroatoms. The minimum atomic E-state index is -0.542. The number of anilines is 2. The smallest absolute Gasteiger partial charge is 0.339 e. The highest BCUT2D eigenvalue weighted by molar-refractivity contribution is 9.10. The van der Waals surface area contributed by atoms with E-state index in [1.54, 1.807) is 24.4 Å². The first-order valence-corrected chi connectivity index (χ1v) is 11.6. The molecule has 0 saturated heterocycles. The average molecular weight is 508 g/mol. The van der Waals surface area contributed by atoms with Gasteiger partial charge in [0.05, 0.1) is 18.7 Å². The molecule has 1 saturated carbocycles. The summed E-state index contributed by atoms with van der Waals surface area (Å²) >= 11 is 3.33. The van der Waals surface area contributed by atoms with E-state index >= 15 is 0 Å². The third-order valence-electron chi connectivity index (χ3n) is 4.58. The van der Waals surface area contributed by atoms with Gasteiger partial charge in [-0.05, 0) is 47.0 Å². The first-order valence-electron chi connectivity index (χ1n) is 10.8. The highest BCUT2D eigenvalue weighted by atomic mass is 79.9. The summed E-state index contributed by atoms with van der Waals surface area (Å²) in [5.41, 5.74) is 6.85. The number of methoxy groups -OCH3 is 1. The molecular formula is C23H34BrN5O3. The summed E-state index contributed by atoms with van der Waals surface area (Å²) in [6, 6.07) is 5.44. The second kappa shape index (κ2) is 15.9. The van der Waals surface area contributed by atoms with Crippen LogP contribution in [-0.2, 0) is 4.74 Å². The molecule has 32 heavy (non-hydrogen) atoms. The maximum atomic E-state index is 11.9. The van der Waals surface area contributed by atoms with E-state index in [9.17, 15) is 9.59 Å². The van der Waals surface area contributed by atoms with Crippen molar-refractivity contribution in [3.63, 3.8) is 0 Å². The highest BCUT2D eigenvalue weighted by Gasteiger charge is 2.21. The van der Waals surface area contributed by atoms with E-state index in [1.165, 1.54) is 13.5 Å². The topological polar surface area (TPSA) is 123 Å². The fourth-order valence-electron chi connectivity index (χ4n) is 3.20. The molecule has 3 rings (SSSR count). The standard InChI is InChI=1S/C18H21BrN4O3.2C2H6.CHN/c1-26-18(25)13-9-11(7-8-15(13)19)21-17-14(16(20)24)10-23(22-17)12-5-3-2-4-6-12;3*1-2/h7-10,12H,2-6H2,1H3,(H2,20,24)(H,21,22);2*1-2H3;1H. The van der Waals surface area contributed by atoms with Crippen LogP contribution in [0.25, 0.3) is 0 Å². The van der Waals surface area contributed by atoms with Gasteiger partial charge in [0.2, 0.25) is 0 Å². The molecule has 1 aliphatic rings. The van der Waals surface area contributed by atoms with E-state index < -0.39 is 11.9 Å². The number of nitrogens with two attached hydrogens (primary N) is 1. The van der Waals surface area contributed by atoms with Crippen LogP contribution in [0.15, 0.2) is 28.9 Å². The SMILES string of the molecule is C#N.CC.CC.COC(=O)c1cc(Nc2nn(C3CCCCC3)cc2C(N)=O)ccc1Br. The number of carbonyl (C=O) groups is 2. The molecule has 3 N–H and O–H groups in total. The first kappa shape index (κ1) is 29.1. The highest BCUT2D eigenvalue weighted by Crippen LogP contribution is 2.30. The quantitative estimate of drug-likeness (QED) is 0.480. The molecule has 1 fully saturated rings. The molecule has 1 aliphatic carbocycles. The fraction of sp³-hybridized carbons (Fsp3) is 0.478. The Morgan fingerprint density at radius 2 is 1.75 bits per heavy atom. The fourth-order valence-corrected chi connectivity index (χ4v) is 3.61. The number of hydrogen-bond acceptors (Lipinski definition) is 6. The molecule has 1 amide bonds. The van der Waals surface area contributed by atoms with E-state index in [1.807, 2.05) is 32.4 Å². The van der Waals surface area contributed by atoms with Crippen molar-refractivity contribution < 1.29 is 14.3 Å². The van der Waals surface area contributed by atoms with Crippen molar-refractivity contribution in [2.45, 2.75) is 65.8 Å². The third-order valence-corrected chi connectivity index (χ3v) is 5.27. The number of nitriles is 1. The number of ether oxygens (including phenoxy) is 1. The number of nitrogens with zero attached hydrogens (tertiary/aromatic N) is 3. The summed E-state index contributed by atoms with van der Waals surface area (Å²) in [6.07, 6.45) is 7.36. The largest absolute Gasteiger partial charge is 0.465 e. The minimum Gasteiger partial charge on any atom is -0.465 e. The Morgan fingerprint density at radius 1 is 1.16 bits per heavy atom. The molecule has 0 spiro atoms. The van der Waals surface area contributed by atoms with Gasteiger partial charge in [0.15, 0.2) is 5.82 Å². The third kappa shape index (κ3) is 8.00. The minimum absolute atomic E-state index is 0.285. The van der Waals surface area contributed by atoms with Crippen LogP contribution in [-0.4, -0.2) is 28.8 Å².